The van der Waals surface area contributed by atoms with E-state index in [9.17, 15) is 0 Å². The molecular weight excluding hydrogens is 266 g/mol. The molecule has 0 atom stereocenters. The molecule has 6 nitrogen and oxygen atoms in total. The van der Waals surface area contributed by atoms with Gasteiger partial charge >= 0.3 is 0 Å². The number of morpholine rings is 1. The predicted molar refractivity (Wildman–Crippen MR) is 82.5 cm³/mol. The third kappa shape index (κ3) is 3.16. The molecule has 0 saturated carbocycles. The van der Waals surface area contributed by atoms with Gasteiger partial charge in [0.05, 0.1) is 25.5 Å². The molecule has 112 valence electrons. The van der Waals surface area contributed by atoms with E-state index in [0.29, 0.717) is 6.54 Å². The number of anilines is 2. The maximum absolute atomic E-state index is 5.40. The van der Waals surface area contributed by atoms with E-state index in [2.05, 4.69) is 44.8 Å². The molecule has 1 aliphatic heterocycles. The largest absolute Gasteiger partial charge is 0.379 e. The lowest BCUT2D eigenvalue weighted by molar-refractivity contribution is 0.122. The van der Waals surface area contributed by atoms with E-state index < -0.39 is 0 Å². The molecule has 1 aromatic heterocycles. The number of aromatic nitrogens is 3. The topological polar surface area (TPSA) is 55.2 Å². The highest BCUT2D eigenvalue weighted by Gasteiger charge is 2.11. The number of hydrogen-bond acceptors (Lipinski definition) is 5. The minimum Gasteiger partial charge on any atom is -0.379 e. The zero-order valence-corrected chi connectivity index (χ0v) is 12.5. The van der Waals surface area contributed by atoms with Crippen molar-refractivity contribution in [2.24, 2.45) is 7.05 Å². The van der Waals surface area contributed by atoms with E-state index in [4.69, 9.17) is 4.74 Å². The quantitative estimate of drug-likeness (QED) is 0.925. The van der Waals surface area contributed by atoms with Gasteiger partial charge in [-0.1, -0.05) is 11.3 Å². The zero-order valence-electron chi connectivity index (χ0n) is 12.5. The Bertz CT molecular complexity index is 604. The first-order valence-corrected chi connectivity index (χ1v) is 7.26. The zero-order chi connectivity index (χ0) is 14.7. The Morgan fingerprint density at radius 1 is 1.29 bits per heavy atom. The maximum Gasteiger partial charge on any atom is 0.105 e. The Labute approximate surface area is 124 Å². The van der Waals surface area contributed by atoms with Crippen molar-refractivity contribution in [2.45, 2.75) is 13.5 Å². The van der Waals surface area contributed by atoms with E-state index in [1.165, 1.54) is 5.69 Å². The predicted octanol–water partition coefficient (Wildman–Crippen LogP) is 1.57. The number of benzene rings is 1. The minimum atomic E-state index is 0.687. The first-order chi connectivity index (χ1) is 10.2. The van der Waals surface area contributed by atoms with Crippen molar-refractivity contribution >= 4 is 11.4 Å². The molecule has 2 heterocycles. The monoisotopic (exact) mass is 287 g/mol. The Morgan fingerprint density at radius 3 is 2.81 bits per heavy atom. The summed E-state index contributed by atoms with van der Waals surface area (Å²) >= 11 is 0. The van der Waals surface area contributed by atoms with Crippen LogP contribution in [0.2, 0.25) is 0 Å². The summed E-state index contributed by atoms with van der Waals surface area (Å²) in [7, 11) is 1.91. The molecule has 0 radical (unpaired) electrons. The van der Waals surface area contributed by atoms with Crippen molar-refractivity contribution in [2.75, 3.05) is 36.5 Å². The standard InChI is InChI=1S/C15H21N5O/c1-12-15(17-18-19(12)2)11-16-13-4-3-5-14(10-13)20-6-8-21-9-7-20/h3-5,10,16H,6-9,11H2,1-2H3. The summed E-state index contributed by atoms with van der Waals surface area (Å²) in [6.45, 7) is 6.22. The van der Waals surface area contributed by atoms with Crippen LogP contribution in [0.1, 0.15) is 11.4 Å². The fraction of sp³-hybridized carbons (Fsp3) is 0.467. The summed E-state index contributed by atoms with van der Waals surface area (Å²) in [5.74, 6) is 0. The van der Waals surface area contributed by atoms with Gasteiger partial charge in [0.2, 0.25) is 0 Å². The van der Waals surface area contributed by atoms with Crippen LogP contribution in [0.3, 0.4) is 0 Å². The highest BCUT2D eigenvalue weighted by Crippen LogP contribution is 2.21. The van der Waals surface area contributed by atoms with Crippen LogP contribution in [0.5, 0.6) is 0 Å². The minimum absolute atomic E-state index is 0.687. The molecule has 3 rings (SSSR count). The molecule has 2 aromatic rings. The van der Waals surface area contributed by atoms with Crippen LogP contribution in [0, 0.1) is 6.92 Å². The Kier molecular flexibility index (Phi) is 4.06. The second-order valence-corrected chi connectivity index (χ2v) is 5.25. The summed E-state index contributed by atoms with van der Waals surface area (Å²) in [5, 5.41) is 11.6. The highest BCUT2D eigenvalue weighted by molar-refractivity contribution is 5.58. The lowest BCUT2D eigenvalue weighted by Gasteiger charge is -2.29. The second kappa shape index (κ2) is 6.13. The first kappa shape index (κ1) is 13.9. The molecular formula is C15H21N5O. The summed E-state index contributed by atoms with van der Waals surface area (Å²) in [5.41, 5.74) is 4.41. The van der Waals surface area contributed by atoms with Gasteiger partial charge in [0, 0.05) is 31.5 Å². The molecule has 1 saturated heterocycles. The van der Waals surface area contributed by atoms with Crippen LogP contribution >= 0.6 is 0 Å². The number of rotatable bonds is 4. The molecule has 21 heavy (non-hydrogen) atoms. The third-order valence-corrected chi connectivity index (χ3v) is 3.88. The van der Waals surface area contributed by atoms with E-state index >= 15 is 0 Å². The fourth-order valence-corrected chi connectivity index (χ4v) is 2.43. The number of nitrogens with zero attached hydrogens (tertiary/aromatic N) is 4. The van der Waals surface area contributed by atoms with Gasteiger partial charge in [-0.3, -0.25) is 4.68 Å². The Hall–Kier alpha value is -2.08. The van der Waals surface area contributed by atoms with Crippen molar-refractivity contribution in [3.63, 3.8) is 0 Å². The number of aryl methyl sites for hydroxylation is 1. The smallest absolute Gasteiger partial charge is 0.105 e. The van der Waals surface area contributed by atoms with Crippen LogP contribution < -0.4 is 10.2 Å². The van der Waals surface area contributed by atoms with Crippen LogP contribution in [0.4, 0.5) is 11.4 Å². The summed E-state index contributed by atoms with van der Waals surface area (Å²) in [6, 6.07) is 8.48. The summed E-state index contributed by atoms with van der Waals surface area (Å²) in [4.78, 5) is 2.35. The molecule has 1 aliphatic rings. The maximum atomic E-state index is 5.40. The molecule has 0 unspecified atom stereocenters. The molecule has 0 amide bonds. The highest BCUT2D eigenvalue weighted by atomic mass is 16.5. The number of ether oxygens (including phenoxy) is 1. The molecule has 0 spiro atoms. The van der Waals surface area contributed by atoms with Crippen molar-refractivity contribution in [1.29, 1.82) is 0 Å². The van der Waals surface area contributed by atoms with Crippen molar-refractivity contribution < 1.29 is 4.74 Å². The van der Waals surface area contributed by atoms with Gasteiger partial charge in [-0.2, -0.15) is 0 Å². The van der Waals surface area contributed by atoms with Crippen LogP contribution in [0.25, 0.3) is 0 Å². The van der Waals surface area contributed by atoms with E-state index in [1.807, 2.05) is 14.0 Å². The van der Waals surface area contributed by atoms with Gasteiger partial charge in [0.15, 0.2) is 0 Å². The van der Waals surface area contributed by atoms with Gasteiger partial charge in [-0.05, 0) is 25.1 Å². The normalized spacial score (nSPS) is 15.2. The Balaban J connectivity index is 1.67. The molecule has 1 N–H and O–H groups in total. The molecule has 1 aromatic carbocycles. The number of nitrogens with one attached hydrogen (secondary N) is 1. The van der Waals surface area contributed by atoms with Gasteiger partial charge in [-0.25, -0.2) is 0 Å². The van der Waals surface area contributed by atoms with E-state index in [1.54, 1.807) is 4.68 Å². The lowest BCUT2D eigenvalue weighted by atomic mass is 10.2. The lowest BCUT2D eigenvalue weighted by Crippen LogP contribution is -2.36. The second-order valence-electron chi connectivity index (χ2n) is 5.25. The fourth-order valence-electron chi connectivity index (χ4n) is 2.43. The summed E-state index contributed by atoms with van der Waals surface area (Å²) in [6.07, 6.45) is 0. The van der Waals surface area contributed by atoms with Gasteiger partial charge in [0.25, 0.3) is 0 Å². The molecule has 6 heteroatoms. The molecule has 0 aliphatic carbocycles. The first-order valence-electron chi connectivity index (χ1n) is 7.26. The van der Waals surface area contributed by atoms with Gasteiger partial charge < -0.3 is 15.0 Å². The van der Waals surface area contributed by atoms with Gasteiger partial charge in [0.1, 0.15) is 5.69 Å². The third-order valence-electron chi connectivity index (χ3n) is 3.88. The van der Waals surface area contributed by atoms with Crippen LogP contribution in [0.15, 0.2) is 24.3 Å². The molecule has 1 fully saturated rings. The van der Waals surface area contributed by atoms with E-state index in [0.717, 1.165) is 43.4 Å². The van der Waals surface area contributed by atoms with Crippen molar-refractivity contribution in [1.82, 2.24) is 15.0 Å². The van der Waals surface area contributed by atoms with E-state index in [-0.39, 0.29) is 0 Å². The van der Waals surface area contributed by atoms with Crippen molar-refractivity contribution in [3.8, 4) is 0 Å². The Morgan fingerprint density at radius 2 is 2.10 bits per heavy atom. The van der Waals surface area contributed by atoms with Gasteiger partial charge in [-0.15, -0.1) is 5.10 Å². The van der Waals surface area contributed by atoms with Crippen LogP contribution in [-0.2, 0) is 18.3 Å². The summed E-state index contributed by atoms with van der Waals surface area (Å²) < 4.78 is 7.19. The SMILES string of the molecule is Cc1c(CNc2cccc(N3CCOCC3)c2)nnn1C. The molecule has 0 bridgehead atoms. The number of hydrogen-bond donors (Lipinski definition) is 1. The average molecular weight is 287 g/mol. The van der Waals surface area contributed by atoms with Crippen LogP contribution in [-0.4, -0.2) is 41.3 Å². The average Bonchev–Trinajstić information content (AvgIpc) is 2.86. The van der Waals surface area contributed by atoms with Crippen molar-refractivity contribution in [3.05, 3.63) is 35.7 Å².